The Morgan fingerprint density at radius 1 is 1.12 bits per heavy atom. The van der Waals surface area contributed by atoms with Crippen LogP contribution in [0.4, 0.5) is 4.39 Å². The van der Waals surface area contributed by atoms with Gasteiger partial charge < -0.3 is 14.9 Å². The molecule has 0 amide bonds. The molecule has 3 aromatic heterocycles. The highest BCUT2D eigenvalue weighted by molar-refractivity contribution is 5.90. The number of furan rings is 1. The predicted molar refractivity (Wildman–Crippen MR) is 125 cm³/mol. The molecule has 0 aliphatic heterocycles. The summed E-state index contributed by atoms with van der Waals surface area (Å²) in [5, 5.41) is 7.90. The summed E-state index contributed by atoms with van der Waals surface area (Å²) in [4.78, 5) is 4.57. The number of pyridine rings is 1. The van der Waals surface area contributed by atoms with Gasteiger partial charge in [-0.2, -0.15) is 5.10 Å². The molecule has 6 nitrogen and oxygen atoms in total. The van der Waals surface area contributed by atoms with E-state index < -0.39 is 5.82 Å². The summed E-state index contributed by atoms with van der Waals surface area (Å²) in [7, 11) is 0. The number of rotatable bonds is 7. The van der Waals surface area contributed by atoms with Crippen molar-refractivity contribution in [1.82, 2.24) is 15.2 Å². The third kappa shape index (κ3) is 4.36. The van der Waals surface area contributed by atoms with Crippen LogP contribution in [-0.4, -0.2) is 27.8 Å². The molecule has 5 aromatic rings. The number of halogens is 1. The highest BCUT2D eigenvalue weighted by Crippen LogP contribution is 2.36. The van der Waals surface area contributed by atoms with Crippen LogP contribution >= 0.6 is 0 Å². The summed E-state index contributed by atoms with van der Waals surface area (Å²) in [6.07, 6.45) is 5.47. The third-order valence-corrected chi connectivity index (χ3v) is 5.59. The summed E-state index contributed by atoms with van der Waals surface area (Å²) in [6, 6.07) is 16.6. The van der Waals surface area contributed by atoms with Crippen LogP contribution in [0, 0.1) is 12.7 Å². The molecule has 1 atom stereocenters. The van der Waals surface area contributed by atoms with Gasteiger partial charge in [0.25, 0.3) is 0 Å². The number of benzene rings is 2. The van der Waals surface area contributed by atoms with Gasteiger partial charge in [-0.05, 0) is 37.1 Å². The molecule has 0 unspecified atom stereocenters. The zero-order chi connectivity index (χ0) is 22.8. The van der Waals surface area contributed by atoms with Crippen molar-refractivity contribution in [2.45, 2.75) is 19.4 Å². The number of fused-ring (bicyclic) bond motifs is 1. The van der Waals surface area contributed by atoms with Crippen LogP contribution in [0.3, 0.4) is 0 Å². The van der Waals surface area contributed by atoms with E-state index in [1.807, 2.05) is 37.3 Å². The number of aryl methyl sites for hydroxylation is 1. The molecule has 0 aliphatic carbocycles. The lowest BCUT2D eigenvalue weighted by Gasteiger charge is -2.15. The molecule has 166 valence electrons. The zero-order valence-electron chi connectivity index (χ0n) is 18.1. The van der Waals surface area contributed by atoms with Gasteiger partial charge in [0.15, 0.2) is 0 Å². The van der Waals surface area contributed by atoms with E-state index in [0.29, 0.717) is 41.1 Å². The van der Waals surface area contributed by atoms with Crippen molar-refractivity contribution < 1.29 is 13.5 Å². The van der Waals surface area contributed by atoms with Gasteiger partial charge in [0.1, 0.15) is 18.2 Å². The summed E-state index contributed by atoms with van der Waals surface area (Å²) >= 11 is 0. The van der Waals surface area contributed by atoms with Crippen molar-refractivity contribution in [2.24, 2.45) is 5.73 Å². The highest BCUT2D eigenvalue weighted by Gasteiger charge is 2.18. The molecule has 3 N–H and O–H groups in total. The average molecular weight is 442 g/mol. The lowest BCUT2D eigenvalue weighted by molar-refractivity contribution is 0.287. The second-order valence-corrected chi connectivity index (χ2v) is 8.04. The topological polar surface area (TPSA) is 90.0 Å². The van der Waals surface area contributed by atoms with E-state index in [9.17, 15) is 0 Å². The second-order valence-electron chi connectivity index (χ2n) is 8.04. The molecule has 7 heteroatoms. The SMILES string of the molecule is Cc1[nH]nc2cc(F)c(-c3cc(OC[C@@H](N)Cc4ccccc4)cnc3-c3ccoc3)cc12. The van der Waals surface area contributed by atoms with E-state index >= 15 is 4.39 Å². The first-order chi connectivity index (χ1) is 16.1. The van der Waals surface area contributed by atoms with Crippen molar-refractivity contribution in [2.75, 3.05) is 6.61 Å². The Bertz CT molecular complexity index is 1380. The number of nitrogens with one attached hydrogen (secondary N) is 1. The number of nitrogens with two attached hydrogens (primary N) is 1. The Morgan fingerprint density at radius 2 is 1.97 bits per heavy atom. The summed E-state index contributed by atoms with van der Waals surface area (Å²) in [5.74, 6) is 0.127. The van der Waals surface area contributed by atoms with Crippen LogP contribution in [0.15, 0.2) is 77.7 Å². The van der Waals surface area contributed by atoms with Gasteiger partial charge in [-0.3, -0.25) is 10.1 Å². The van der Waals surface area contributed by atoms with Gasteiger partial charge in [-0.25, -0.2) is 4.39 Å². The van der Waals surface area contributed by atoms with Crippen molar-refractivity contribution in [1.29, 1.82) is 0 Å². The van der Waals surface area contributed by atoms with Crippen molar-refractivity contribution in [3.05, 3.63) is 90.4 Å². The van der Waals surface area contributed by atoms with Crippen molar-refractivity contribution in [3.63, 3.8) is 0 Å². The number of nitrogens with zero attached hydrogens (tertiary/aromatic N) is 2. The predicted octanol–water partition coefficient (Wildman–Crippen LogP) is 5.28. The standard InChI is InChI=1S/C26H23FN4O2/c1-16-21-11-22(24(27)12-25(21)31-30-16)23-10-20(13-29-26(23)18-7-8-32-14-18)33-15-19(28)9-17-5-3-2-4-6-17/h2-8,10-14,19H,9,15,28H2,1H3,(H,30,31)/t19-/m0/s1. The largest absolute Gasteiger partial charge is 0.490 e. The number of hydrogen-bond donors (Lipinski definition) is 2. The van der Waals surface area contributed by atoms with Gasteiger partial charge in [0, 0.05) is 39.9 Å². The monoisotopic (exact) mass is 442 g/mol. The van der Waals surface area contributed by atoms with E-state index in [-0.39, 0.29) is 6.04 Å². The first-order valence-corrected chi connectivity index (χ1v) is 10.7. The minimum absolute atomic E-state index is 0.189. The fourth-order valence-electron chi connectivity index (χ4n) is 3.90. The zero-order valence-corrected chi connectivity index (χ0v) is 18.1. The Kier molecular flexibility index (Phi) is 5.62. The fourth-order valence-corrected chi connectivity index (χ4v) is 3.90. The maximum absolute atomic E-state index is 15.2. The average Bonchev–Trinajstić information content (AvgIpc) is 3.48. The van der Waals surface area contributed by atoms with Crippen molar-refractivity contribution in [3.8, 4) is 28.1 Å². The molecule has 0 radical (unpaired) electrons. The Balaban J connectivity index is 1.48. The van der Waals surface area contributed by atoms with Crippen LogP contribution in [0.1, 0.15) is 11.3 Å². The lowest BCUT2D eigenvalue weighted by atomic mass is 9.98. The first-order valence-electron chi connectivity index (χ1n) is 10.7. The minimum atomic E-state index is -0.390. The van der Waals surface area contributed by atoms with E-state index in [4.69, 9.17) is 14.9 Å². The molecule has 0 bridgehead atoms. The molecule has 0 saturated carbocycles. The minimum Gasteiger partial charge on any atom is -0.490 e. The van der Waals surface area contributed by atoms with E-state index in [2.05, 4.69) is 15.2 Å². The Labute approximate surface area is 190 Å². The first kappa shape index (κ1) is 20.9. The fraction of sp³-hybridized carbons (Fsp3) is 0.154. The quantitative estimate of drug-likeness (QED) is 0.358. The molecule has 2 aromatic carbocycles. The van der Waals surface area contributed by atoms with Crippen LogP contribution in [0.25, 0.3) is 33.3 Å². The van der Waals surface area contributed by atoms with E-state index in [0.717, 1.165) is 22.2 Å². The third-order valence-electron chi connectivity index (χ3n) is 5.59. The molecule has 3 heterocycles. The number of hydrogen-bond acceptors (Lipinski definition) is 5. The molecular weight excluding hydrogens is 419 g/mol. The summed E-state index contributed by atoms with van der Waals surface area (Å²) < 4.78 is 26.4. The van der Waals surface area contributed by atoms with Gasteiger partial charge in [-0.15, -0.1) is 0 Å². The van der Waals surface area contributed by atoms with Crippen LogP contribution < -0.4 is 10.5 Å². The molecule has 0 saturated heterocycles. The van der Waals surface area contributed by atoms with Gasteiger partial charge in [0.2, 0.25) is 0 Å². The van der Waals surface area contributed by atoms with Gasteiger partial charge >= 0.3 is 0 Å². The maximum atomic E-state index is 15.2. The highest BCUT2D eigenvalue weighted by atomic mass is 19.1. The number of H-pyrrole nitrogens is 1. The Hall–Kier alpha value is -3.97. The molecule has 33 heavy (non-hydrogen) atoms. The normalized spacial score (nSPS) is 12.2. The lowest BCUT2D eigenvalue weighted by Crippen LogP contribution is -2.30. The molecule has 0 aliphatic rings. The van der Waals surface area contributed by atoms with Crippen molar-refractivity contribution >= 4 is 10.9 Å². The maximum Gasteiger partial charge on any atom is 0.138 e. The van der Waals surface area contributed by atoms with E-state index in [1.165, 1.54) is 6.07 Å². The van der Waals surface area contributed by atoms with E-state index in [1.54, 1.807) is 36.9 Å². The van der Waals surface area contributed by atoms with Gasteiger partial charge in [0.05, 0.1) is 29.9 Å². The van der Waals surface area contributed by atoms with Crippen LogP contribution in [0.5, 0.6) is 5.75 Å². The number of ether oxygens (including phenoxy) is 1. The van der Waals surface area contributed by atoms with Crippen LogP contribution in [0.2, 0.25) is 0 Å². The van der Waals surface area contributed by atoms with Crippen LogP contribution in [-0.2, 0) is 6.42 Å². The number of aromatic nitrogens is 3. The molecular formula is C26H23FN4O2. The van der Waals surface area contributed by atoms with Gasteiger partial charge in [-0.1, -0.05) is 30.3 Å². The molecule has 5 rings (SSSR count). The summed E-state index contributed by atoms with van der Waals surface area (Å²) in [6.45, 7) is 2.21. The Morgan fingerprint density at radius 3 is 2.76 bits per heavy atom. The summed E-state index contributed by atoms with van der Waals surface area (Å²) in [5.41, 5.74) is 11.2. The second kappa shape index (κ2) is 8.88. The molecule has 0 spiro atoms. The number of aromatic amines is 1. The smallest absolute Gasteiger partial charge is 0.138 e. The molecule has 0 fully saturated rings.